The maximum absolute atomic E-state index is 12.8. The van der Waals surface area contributed by atoms with Crippen molar-refractivity contribution in [3.05, 3.63) is 58.3 Å². The minimum atomic E-state index is -0.0966. The van der Waals surface area contributed by atoms with E-state index in [4.69, 9.17) is 0 Å². The molecule has 1 aliphatic heterocycles. The SMILES string of the molecule is CC(C)(C)c1ccc(=O)n(CCN2CCN(C(=O)c3ccc4nc[nH]c4c3)CC2)n1. The summed E-state index contributed by atoms with van der Waals surface area (Å²) in [7, 11) is 0. The maximum Gasteiger partial charge on any atom is 0.266 e. The van der Waals surface area contributed by atoms with Crippen molar-refractivity contribution in [1.82, 2.24) is 29.5 Å². The molecule has 2 aromatic heterocycles. The highest BCUT2D eigenvalue weighted by molar-refractivity contribution is 5.97. The van der Waals surface area contributed by atoms with Crippen LogP contribution >= 0.6 is 0 Å². The highest BCUT2D eigenvalue weighted by Gasteiger charge is 2.23. The van der Waals surface area contributed by atoms with E-state index < -0.39 is 0 Å². The molecule has 0 radical (unpaired) electrons. The highest BCUT2D eigenvalue weighted by atomic mass is 16.2. The molecule has 3 heterocycles. The summed E-state index contributed by atoms with van der Waals surface area (Å²) >= 11 is 0. The normalized spacial score (nSPS) is 15.6. The van der Waals surface area contributed by atoms with Crippen LogP contribution in [0.5, 0.6) is 0 Å². The number of imidazole rings is 1. The summed E-state index contributed by atoms with van der Waals surface area (Å²) in [5, 5.41) is 4.54. The predicted octanol–water partition coefficient (Wildman–Crippen LogP) is 1.88. The molecular weight excluding hydrogens is 380 g/mol. The molecule has 4 rings (SSSR count). The Morgan fingerprint density at radius 3 is 2.57 bits per heavy atom. The van der Waals surface area contributed by atoms with Gasteiger partial charge in [-0.2, -0.15) is 5.10 Å². The number of fused-ring (bicyclic) bond motifs is 1. The van der Waals surface area contributed by atoms with Gasteiger partial charge in [-0.3, -0.25) is 14.5 Å². The Bertz CT molecular complexity index is 1100. The van der Waals surface area contributed by atoms with Gasteiger partial charge in [0.05, 0.1) is 29.6 Å². The first-order valence-electron chi connectivity index (χ1n) is 10.3. The van der Waals surface area contributed by atoms with Crippen molar-refractivity contribution in [1.29, 1.82) is 0 Å². The van der Waals surface area contributed by atoms with E-state index in [0.717, 1.165) is 36.4 Å². The third kappa shape index (κ3) is 4.28. The summed E-state index contributed by atoms with van der Waals surface area (Å²) in [5.74, 6) is 0.0434. The molecule has 1 aliphatic rings. The van der Waals surface area contributed by atoms with Crippen molar-refractivity contribution in [3.8, 4) is 0 Å². The number of rotatable bonds is 4. The Kier molecular flexibility index (Phi) is 5.42. The number of nitrogens with one attached hydrogen (secondary N) is 1. The van der Waals surface area contributed by atoms with E-state index in [2.05, 4.69) is 40.7 Å². The van der Waals surface area contributed by atoms with Gasteiger partial charge in [-0.25, -0.2) is 9.67 Å². The lowest BCUT2D eigenvalue weighted by molar-refractivity contribution is 0.0631. The van der Waals surface area contributed by atoms with Gasteiger partial charge in [-0.05, 0) is 24.3 Å². The van der Waals surface area contributed by atoms with Crippen LogP contribution in [0.4, 0.5) is 0 Å². The molecule has 0 spiro atoms. The van der Waals surface area contributed by atoms with E-state index in [9.17, 15) is 9.59 Å². The molecule has 30 heavy (non-hydrogen) atoms. The third-order valence-electron chi connectivity index (χ3n) is 5.59. The van der Waals surface area contributed by atoms with Crippen LogP contribution < -0.4 is 5.56 Å². The number of piperazine rings is 1. The van der Waals surface area contributed by atoms with Crippen molar-refractivity contribution in [2.75, 3.05) is 32.7 Å². The predicted molar refractivity (Wildman–Crippen MR) is 116 cm³/mol. The molecule has 8 nitrogen and oxygen atoms in total. The quantitative estimate of drug-likeness (QED) is 0.712. The summed E-state index contributed by atoms with van der Waals surface area (Å²) in [4.78, 5) is 36.4. The summed E-state index contributed by atoms with van der Waals surface area (Å²) in [6, 6.07) is 8.96. The molecule has 0 atom stereocenters. The van der Waals surface area contributed by atoms with Crippen molar-refractivity contribution in [2.45, 2.75) is 32.7 Å². The first-order valence-corrected chi connectivity index (χ1v) is 10.3. The number of nitrogens with zero attached hydrogens (tertiary/aromatic N) is 5. The van der Waals surface area contributed by atoms with E-state index >= 15 is 0 Å². The summed E-state index contributed by atoms with van der Waals surface area (Å²) in [6.07, 6.45) is 1.63. The average molecular weight is 409 g/mol. The number of benzene rings is 1. The number of hydrogen-bond acceptors (Lipinski definition) is 5. The largest absolute Gasteiger partial charge is 0.345 e. The fraction of sp³-hybridized carbons (Fsp3) is 0.455. The Morgan fingerprint density at radius 1 is 1.07 bits per heavy atom. The van der Waals surface area contributed by atoms with Crippen LogP contribution in [0.15, 0.2) is 41.5 Å². The lowest BCUT2D eigenvalue weighted by Gasteiger charge is -2.34. The van der Waals surface area contributed by atoms with Crippen molar-refractivity contribution in [3.63, 3.8) is 0 Å². The summed E-state index contributed by atoms with van der Waals surface area (Å²) < 4.78 is 1.55. The van der Waals surface area contributed by atoms with E-state index in [0.29, 0.717) is 25.2 Å². The second kappa shape index (κ2) is 8.02. The zero-order valence-corrected chi connectivity index (χ0v) is 17.8. The standard InChI is InChI=1S/C22H28N6O2/c1-22(2,3)19-6-7-20(29)28(25-19)13-10-26-8-11-27(12-9-26)21(30)16-4-5-17-18(14-16)24-15-23-17/h4-7,14-15H,8-13H2,1-3H3,(H,23,24). The Balaban J connectivity index is 1.34. The molecule has 0 bridgehead atoms. The fourth-order valence-corrected chi connectivity index (χ4v) is 3.67. The van der Waals surface area contributed by atoms with Gasteiger partial charge in [0.15, 0.2) is 0 Å². The van der Waals surface area contributed by atoms with Crippen LogP contribution in [-0.2, 0) is 12.0 Å². The van der Waals surface area contributed by atoms with Gasteiger partial charge in [-0.15, -0.1) is 0 Å². The second-order valence-electron chi connectivity index (χ2n) is 8.80. The van der Waals surface area contributed by atoms with Crippen LogP contribution in [0.1, 0.15) is 36.8 Å². The van der Waals surface area contributed by atoms with E-state index in [1.54, 1.807) is 17.1 Å². The molecule has 1 fully saturated rings. The van der Waals surface area contributed by atoms with Gasteiger partial charge >= 0.3 is 0 Å². The van der Waals surface area contributed by atoms with E-state index in [1.165, 1.54) is 0 Å². The summed E-state index contributed by atoms with van der Waals surface area (Å²) in [5.41, 5.74) is 3.14. The minimum absolute atomic E-state index is 0.0434. The number of H-pyrrole nitrogens is 1. The fourth-order valence-electron chi connectivity index (χ4n) is 3.67. The summed E-state index contributed by atoms with van der Waals surface area (Å²) in [6.45, 7) is 10.5. The topological polar surface area (TPSA) is 87.1 Å². The first kappa shape index (κ1) is 20.3. The van der Waals surface area contributed by atoms with Crippen LogP contribution in [0.3, 0.4) is 0 Å². The Hall–Kier alpha value is -3.00. The van der Waals surface area contributed by atoms with Gasteiger partial charge in [0, 0.05) is 49.8 Å². The van der Waals surface area contributed by atoms with Gasteiger partial charge in [0.2, 0.25) is 0 Å². The molecule has 0 aliphatic carbocycles. The number of aromatic amines is 1. The molecule has 1 N–H and O–H groups in total. The molecule has 3 aromatic rings. The monoisotopic (exact) mass is 408 g/mol. The van der Waals surface area contributed by atoms with E-state index in [-0.39, 0.29) is 16.9 Å². The van der Waals surface area contributed by atoms with Crippen molar-refractivity contribution in [2.24, 2.45) is 0 Å². The smallest absolute Gasteiger partial charge is 0.266 e. The molecule has 1 aromatic carbocycles. The van der Waals surface area contributed by atoms with Crippen LogP contribution in [0.2, 0.25) is 0 Å². The van der Waals surface area contributed by atoms with E-state index in [1.807, 2.05) is 29.2 Å². The van der Waals surface area contributed by atoms with Crippen molar-refractivity contribution >= 4 is 16.9 Å². The third-order valence-corrected chi connectivity index (χ3v) is 5.59. The Labute approximate surface area is 175 Å². The molecular formula is C22H28N6O2. The van der Waals surface area contributed by atoms with Gasteiger partial charge in [0.1, 0.15) is 0 Å². The molecule has 8 heteroatoms. The number of carbonyl (C=O) groups excluding carboxylic acids is 1. The number of hydrogen-bond donors (Lipinski definition) is 1. The number of amides is 1. The maximum atomic E-state index is 12.8. The number of carbonyl (C=O) groups is 1. The molecule has 1 amide bonds. The van der Waals surface area contributed by atoms with Crippen LogP contribution in [0, 0.1) is 0 Å². The highest BCUT2D eigenvalue weighted by Crippen LogP contribution is 2.18. The molecule has 1 saturated heterocycles. The minimum Gasteiger partial charge on any atom is -0.345 e. The van der Waals surface area contributed by atoms with Gasteiger partial charge in [-0.1, -0.05) is 20.8 Å². The zero-order valence-electron chi connectivity index (χ0n) is 17.8. The molecule has 0 unspecified atom stereocenters. The Morgan fingerprint density at radius 2 is 1.83 bits per heavy atom. The zero-order chi connectivity index (χ0) is 21.3. The van der Waals surface area contributed by atoms with Crippen LogP contribution in [0.25, 0.3) is 11.0 Å². The van der Waals surface area contributed by atoms with Gasteiger partial charge < -0.3 is 9.88 Å². The van der Waals surface area contributed by atoms with Gasteiger partial charge in [0.25, 0.3) is 11.5 Å². The molecule has 0 saturated carbocycles. The lowest BCUT2D eigenvalue weighted by Crippen LogP contribution is -2.49. The average Bonchev–Trinajstić information content (AvgIpc) is 3.20. The second-order valence-corrected chi connectivity index (χ2v) is 8.80. The van der Waals surface area contributed by atoms with Crippen LogP contribution in [-0.4, -0.2) is 68.2 Å². The first-order chi connectivity index (χ1) is 14.3. The molecule has 158 valence electrons. The van der Waals surface area contributed by atoms with Crippen molar-refractivity contribution < 1.29 is 4.79 Å². The lowest BCUT2D eigenvalue weighted by atomic mass is 9.92. The number of aromatic nitrogens is 4.